The largest absolute Gasteiger partial charge is 0.415 e. The Bertz CT molecular complexity index is 1500. The topological polar surface area (TPSA) is 70.8 Å². The fourth-order valence-electron chi connectivity index (χ4n) is 6.03. The van der Waals surface area contributed by atoms with Crippen LogP contribution < -0.4 is 4.90 Å². The van der Waals surface area contributed by atoms with Crippen LogP contribution in [0.5, 0.6) is 0 Å². The molecule has 8 heteroatoms. The second-order valence-electron chi connectivity index (χ2n) is 12.8. The summed E-state index contributed by atoms with van der Waals surface area (Å²) in [6.07, 6.45) is -0.500. The first kappa shape index (κ1) is 30.7. The minimum Gasteiger partial charge on any atom is -0.415 e. The van der Waals surface area contributed by atoms with E-state index in [2.05, 4.69) is 50.6 Å². The Kier molecular flexibility index (Phi) is 9.20. The Labute approximate surface area is 257 Å². The van der Waals surface area contributed by atoms with Crippen LogP contribution in [0.25, 0.3) is 0 Å². The van der Waals surface area contributed by atoms with Gasteiger partial charge in [-0.25, -0.2) is 9.78 Å². The fraction of sp³-hybridized carbons (Fsp3) is 0.371. The van der Waals surface area contributed by atoms with E-state index in [9.17, 15) is 9.90 Å². The molecule has 3 aromatic carbocycles. The molecule has 43 heavy (non-hydrogen) atoms. The van der Waals surface area contributed by atoms with E-state index in [1.165, 1.54) is 0 Å². The molecule has 0 spiro atoms. The Morgan fingerprint density at radius 2 is 1.58 bits per heavy atom. The summed E-state index contributed by atoms with van der Waals surface area (Å²) in [5.74, 6) is 0.593. The zero-order chi connectivity index (χ0) is 30.7. The summed E-state index contributed by atoms with van der Waals surface area (Å²) in [5, 5.41) is 11.6. The highest BCUT2D eigenvalue weighted by molar-refractivity contribution is 6.48. The van der Waals surface area contributed by atoms with Crippen LogP contribution in [0.4, 0.5) is 10.5 Å². The van der Waals surface area contributed by atoms with Crippen LogP contribution in [-0.2, 0) is 23.9 Å². The molecule has 0 saturated heterocycles. The number of aliphatic hydroxyl groups excluding tert-OH is 1. The van der Waals surface area contributed by atoms with Gasteiger partial charge in [0.1, 0.15) is 11.9 Å². The van der Waals surface area contributed by atoms with Gasteiger partial charge in [0.15, 0.2) is 9.04 Å². The summed E-state index contributed by atoms with van der Waals surface area (Å²) < 4.78 is 8.94. The van der Waals surface area contributed by atoms with E-state index in [-0.39, 0.29) is 23.6 Å². The van der Waals surface area contributed by atoms with Crippen molar-refractivity contribution in [3.05, 3.63) is 119 Å². The van der Waals surface area contributed by atoms with E-state index in [4.69, 9.17) is 9.41 Å². The summed E-state index contributed by atoms with van der Waals surface area (Å²) in [7, 11) is 0.364. The number of rotatable bonds is 8. The van der Waals surface area contributed by atoms with Crippen LogP contribution in [0.1, 0.15) is 55.2 Å². The molecule has 226 valence electrons. The molecule has 1 aliphatic rings. The van der Waals surface area contributed by atoms with E-state index in [1.807, 2.05) is 90.8 Å². The molecule has 0 aliphatic carbocycles. The van der Waals surface area contributed by atoms with Crippen LogP contribution >= 0.6 is 0 Å². The SMILES string of the molecule is CN(C(=O)N1Cc2nc(C(O)c3ccccc3)n(Cc3ccccc3)c2C[C@H]1C(O[SiH](C)C)C(C)(C)C)c1ccccc1. The van der Waals surface area contributed by atoms with Gasteiger partial charge in [-0.2, -0.15) is 0 Å². The molecule has 0 fully saturated rings. The monoisotopic (exact) mass is 596 g/mol. The van der Waals surface area contributed by atoms with Crippen LogP contribution in [-0.4, -0.2) is 53.8 Å². The number of aromatic nitrogens is 2. The number of aliphatic hydroxyl groups is 1. The summed E-state index contributed by atoms with van der Waals surface area (Å²) in [4.78, 5) is 23.0. The molecule has 7 nitrogen and oxygen atoms in total. The van der Waals surface area contributed by atoms with Crippen molar-refractivity contribution in [3.63, 3.8) is 0 Å². The molecule has 0 saturated carbocycles. The first-order valence-electron chi connectivity index (χ1n) is 15.1. The molecule has 2 amide bonds. The van der Waals surface area contributed by atoms with E-state index < -0.39 is 15.1 Å². The first-order valence-corrected chi connectivity index (χ1v) is 17.9. The van der Waals surface area contributed by atoms with Crippen LogP contribution in [0.2, 0.25) is 13.1 Å². The lowest BCUT2D eigenvalue weighted by Gasteiger charge is -2.46. The molecule has 1 aliphatic heterocycles. The quantitative estimate of drug-likeness (QED) is 0.239. The minimum absolute atomic E-state index is 0.0899. The number of imidazole rings is 1. The standard InChI is InChI=1S/C35H44N4O3Si/c1-35(2,3)32(42-43(5)6)30-22-29-28(24-39(30)34(41)37(4)27-20-14-9-15-21-27)36-33(31(40)26-18-12-8-13-19-26)38(29)23-25-16-10-7-11-17-25/h7-21,30-32,40,43H,22-24H2,1-6H3/t30-,31?,32?/m0/s1. The highest BCUT2D eigenvalue weighted by Crippen LogP contribution is 2.37. The molecule has 2 unspecified atom stereocenters. The van der Waals surface area contributed by atoms with E-state index in [0.717, 1.165) is 28.2 Å². The van der Waals surface area contributed by atoms with Crippen molar-refractivity contribution in [1.82, 2.24) is 14.5 Å². The van der Waals surface area contributed by atoms with Crippen molar-refractivity contribution in [2.75, 3.05) is 11.9 Å². The lowest BCUT2D eigenvalue weighted by atomic mass is 9.81. The Balaban J connectivity index is 1.63. The highest BCUT2D eigenvalue weighted by Gasteiger charge is 2.44. The zero-order valence-electron chi connectivity index (χ0n) is 26.1. The van der Waals surface area contributed by atoms with E-state index >= 15 is 0 Å². The molecule has 2 heterocycles. The predicted octanol–water partition coefficient (Wildman–Crippen LogP) is 6.41. The minimum atomic E-state index is -1.46. The van der Waals surface area contributed by atoms with Gasteiger partial charge in [0.05, 0.1) is 24.4 Å². The van der Waals surface area contributed by atoms with Gasteiger partial charge in [-0.1, -0.05) is 99.6 Å². The molecule has 1 N–H and O–H groups in total. The molecular weight excluding hydrogens is 552 g/mol. The predicted molar refractivity (Wildman–Crippen MR) is 175 cm³/mol. The highest BCUT2D eigenvalue weighted by atomic mass is 28.3. The second-order valence-corrected chi connectivity index (χ2v) is 15.2. The first-order chi connectivity index (χ1) is 20.5. The number of carbonyl (C=O) groups excluding carboxylic acids is 1. The average Bonchev–Trinajstić information content (AvgIpc) is 3.35. The van der Waals surface area contributed by atoms with E-state index in [0.29, 0.717) is 25.3 Å². The van der Waals surface area contributed by atoms with Gasteiger partial charge in [-0.15, -0.1) is 0 Å². The lowest BCUT2D eigenvalue weighted by Crippen LogP contribution is -2.58. The van der Waals surface area contributed by atoms with Gasteiger partial charge in [0.2, 0.25) is 0 Å². The molecule has 0 bridgehead atoms. The normalized spacial score (nSPS) is 16.6. The summed E-state index contributed by atoms with van der Waals surface area (Å²) in [6.45, 7) is 11.9. The molecule has 1 aromatic heterocycles. The van der Waals surface area contributed by atoms with E-state index in [1.54, 1.807) is 4.90 Å². The smallest absolute Gasteiger partial charge is 0.324 e. The van der Waals surface area contributed by atoms with Crippen molar-refractivity contribution >= 4 is 20.8 Å². The van der Waals surface area contributed by atoms with Crippen LogP contribution in [0.3, 0.4) is 0 Å². The van der Waals surface area contributed by atoms with Gasteiger partial charge in [0, 0.05) is 31.4 Å². The number of hydrogen-bond donors (Lipinski definition) is 1. The lowest BCUT2D eigenvalue weighted by molar-refractivity contribution is 0.00455. The fourth-order valence-corrected chi connectivity index (χ4v) is 7.21. The van der Waals surface area contributed by atoms with Gasteiger partial charge >= 0.3 is 6.03 Å². The van der Waals surface area contributed by atoms with Crippen molar-refractivity contribution in [1.29, 1.82) is 0 Å². The maximum absolute atomic E-state index is 14.3. The molecule has 0 radical (unpaired) electrons. The van der Waals surface area contributed by atoms with Gasteiger partial charge in [-0.05, 0) is 41.8 Å². The average molecular weight is 597 g/mol. The van der Waals surface area contributed by atoms with Gasteiger partial charge < -0.3 is 19.0 Å². The number of amides is 2. The second kappa shape index (κ2) is 12.9. The number of nitrogens with zero attached hydrogens (tertiary/aromatic N) is 4. The number of carbonyl (C=O) groups is 1. The Hall–Kier alpha value is -3.72. The third kappa shape index (κ3) is 6.77. The van der Waals surface area contributed by atoms with Crippen LogP contribution in [0.15, 0.2) is 91.0 Å². The van der Waals surface area contributed by atoms with Crippen molar-refractivity contribution in [3.8, 4) is 0 Å². The third-order valence-corrected chi connectivity index (χ3v) is 8.99. The van der Waals surface area contributed by atoms with Gasteiger partial charge in [0.25, 0.3) is 0 Å². The summed E-state index contributed by atoms with van der Waals surface area (Å²) in [6, 6.07) is 29.4. The van der Waals surface area contributed by atoms with Crippen molar-refractivity contribution in [2.45, 2.75) is 71.6 Å². The summed E-state index contributed by atoms with van der Waals surface area (Å²) >= 11 is 0. The number of anilines is 1. The third-order valence-electron chi connectivity index (χ3n) is 8.15. The number of fused-ring (bicyclic) bond motifs is 1. The number of hydrogen-bond acceptors (Lipinski definition) is 4. The Morgan fingerprint density at radius 1 is 1.00 bits per heavy atom. The number of para-hydroxylation sites is 1. The van der Waals surface area contributed by atoms with Crippen molar-refractivity contribution in [2.24, 2.45) is 5.41 Å². The maximum Gasteiger partial charge on any atom is 0.324 e. The number of benzene rings is 3. The molecular formula is C35H44N4O3Si. The van der Waals surface area contributed by atoms with Crippen molar-refractivity contribution < 1.29 is 14.3 Å². The summed E-state index contributed by atoms with van der Waals surface area (Å²) in [5.41, 5.74) is 4.41. The van der Waals surface area contributed by atoms with Crippen LogP contribution in [0, 0.1) is 5.41 Å². The molecule has 3 atom stereocenters. The molecule has 5 rings (SSSR count). The molecule has 4 aromatic rings. The maximum atomic E-state index is 14.3. The van der Waals surface area contributed by atoms with Gasteiger partial charge in [-0.3, -0.25) is 4.90 Å². The zero-order valence-corrected chi connectivity index (χ0v) is 27.3. The Morgan fingerprint density at radius 3 is 2.16 bits per heavy atom. The number of urea groups is 1.